The van der Waals surface area contributed by atoms with Gasteiger partial charge >= 0.3 is 0 Å². The molecule has 3 rings (SSSR count). The normalized spacial score (nSPS) is 18.3. The first-order valence-corrected chi connectivity index (χ1v) is 7.91. The van der Waals surface area contributed by atoms with Crippen LogP contribution in [0.5, 0.6) is 0 Å². The largest absolute Gasteiger partial charge is 0.269 e. The number of hydrogen-bond acceptors (Lipinski definition) is 4. The van der Waals surface area contributed by atoms with Gasteiger partial charge in [-0.1, -0.05) is 0 Å². The molecule has 0 spiro atoms. The van der Waals surface area contributed by atoms with E-state index in [9.17, 15) is 18.9 Å². The minimum Gasteiger partial charge on any atom is -0.258 e. The molecule has 0 N–H and O–H groups in total. The number of aromatic nitrogens is 1. The highest BCUT2D eigenvalue weighted by Crippen LogP contribution is 2.41. The Morgan fingerprint density at radius 1 is 1.23 bits per heavy atom. The quantitative estimate of drug-likeness (QED) is 0.589. The lowest BCUT2D eigenvalue weighted by Crippen LogP contribution is -2.23. The molecule has 0 amide bonds. The molecule has 22 heavy (non-hydrogen) atoms. The second-order valence-corrected chi connectivity index (χ2v) is 6.37. The fourth-order valence-corrected chi connectivity index (χ4v) is 3.58. The van der Waals surface area contributed by atoms with Gasteiger partial charge in [-0.25, -0.2) is 13.8 Å². The van der Waals surface area contributed by atoms with Crippen LogP contribution in [0.1, 0.15) is 37.3 Å². The zero-order valence-corrected chi connectivity index (χ0v) is 12.5. The van der Waals surface area contributed by atoms with Crippen molar-refractivity contribution in [1.29, 1.82) is 0 Å². The van der Waals surface area contributed by atoms with Crippen LogP contribution in [0.4, 0.5) is 14.5 Å². The summed E-state index contributed by atoms with van der Waals surface area (Å²) in [6, 6.07) is 6.21. The zero-order chi connectivity index (χ0) is 15.7. The molecule has 1 aromatic carbocycles. The van der Waals surface area contributed by atoms with Crippen LogP contribution in [-0.4, -0.2) is 15.8 Å². The summed E-state index contributed by atoms with van der Waals surface area (Å²) in [5.74, 6) is -2.45. The standard InChI is InChI=1S/C15H14F2N2O2S/c16-15(17)7-5-10(6-8-15)13-9-22-14(18-13)11-1-3-12(4-2-11)19(20)21/h1-4,9-10H,5-8H2. The predicted octanol–water partition coefficient (Wildman–Crippen LogP) is 5.01. The van der Waals surface area contributed by atoms with Crippen molar-refractivity contribution in [3.8, 4) is 10.6 Å². The molecule has 4 nitrogen and oxygen atoms in total. The van der Waals surface area contributed by atoms with E-state index in [1.54, 1.807) is 12.1 Å². The summed E-state index contributed by atoms with van der Waals surface area (Å²) < 4.78 is 26.4. The first-order valence-electron chi connectivity index (χ1n) is 7.03. The van der Waals surface area contributed by atoms with E-state index in [0.717, 1.165) is 16.3 Å². The van der Waals surface area contributed by atoms with Crippen molar-refractivity contribution in [2.24, 2.45) is 0 Å². The monoisotopic (exact) mass is 324 g/mol. The van der Waals surface area contributed by atoms with Crippen LogP contribution in [-0.2, 0) is 0 Å². The fraction of sp³-hybridized carbons (Fsp3) is 0.400. The minimum atomic E-state index is -2.53. The lowest BCUT2D eigenvalue weighted by molar-refractivity contribution is -0.384. The molecule has 0 atom stereocenters. The number of nitrogens with zero attached hydrogens (tertiary/aromatic N) is 2. The molecule has 7 heteroatoms. The molecule has 116 valence electrons. The van der Waals surface area contributed by atoms with Crippen LogP contribution in [0.3, 0.4) is 0 Å². The van der Waals surface area contributed by atoms with E-state index in [0.29, 0.717) is 12.8 Å². The average Bonchev–Trinajstić information content (AvgIpc) is 2.97. The molecular formula is C15H14F2N2O2S. The van der Waals surface area contributed by atoms with Gasteiger partial charge in [0.2, 0.25) is 5.92 Å². The topological polar surface area (TPSA) is 56.0 Å². The van der Waals surface area contributed by atoms with Crippen molar-refractivity contribution in [3.63, 3.8) is 0 Å². The Labute approximate surface area is 130 Å². The van der Waals surface area contributed by atoms with Gasteiger partial charge in [0.15, 0.2) is 0 Å². The van der Waals surface area contributed by atoms with Crippen molar-refractivity contribution >= 4 is 17.0 Å². The Kier molecular flexibility index (Phi) is 3.90. The minimum absolute atomic E-state index is 0.0371. The van der Waals surface area contributed by atoms with E-state index < -0.39 is 10.8 Å². The molecule has 1 aliphatic rings. The molecule has 0 bridgehead atoms. The van der Waals surface area contributed by atoms with Gasteiger partial charge in [-0.15, -0.1) is 11.3 Å². The van der Waals surface area contributed by atoms with Crippen LogP contribution >= 0.6 is 11.3 Å². The second-order valence-electron chi connectivity index (χ2n) is 5.51. The highest BCUT2D eigenvalue weighted by molar-refractivity contribution is 7.13. The number of rotatable bonds is 3. The van der Waals surface area contributed by atoms with E-state index in [2.05, 4.69) is 4.98 Å². The van der Waals surface area contributed by atoms with E-state index in [1.165, 1.54) is 23.5 Å². The van der Waals surface area contributed by atoms with E-state index in [4.69, 9.17) is 0 Å². The number of nitro benzene ring substituents is 1. The fourth-order valence-electron chi connectivity index (χ4n) is 2.67. The van der Waals surface area contributed by atoms with E-state index in [1.807, 2.05) is 5.38 Å². The zero-order valence-electron chi connectivity index (χ0n) is 11.7. The molecule has 0 unspecified atom stereocenters. The third kappa shape index (κ3) is 3.14. The molecule has 1 aliphatic carbocycles. The first-order chi connectivity index (χ1) is 10.4. The average molecular weight is 324 g/mol. The Morgan fingerprint density at radius 3 is 2.45 bits per heavy atom. The molecule has 2 aromatic rings. The maximum absolute atomic E-state index is 13.2. The molecule has 0 saturated heterocycles. The molecule has 0 aliphatic heterocycles. The number of non-ortho nitro benzene ring substituents is 1. The number of benzene rings is 1. The molecule has 0 radical (unpaired) electrons. The summed E-state index contributed by atoms with van der Waals surface area (Å²) in [5.41, 5.74) is 1.70. The first kappa shape index (κ1) is 15.0. The Bertz CT molecular complexity index is 675. The predicted molar refractivity (Wildman–Crippen MR) is 80.4 cm³/mol. The molecule has 1 aromatic heterocycles. The molecule has 1 saturated carbocycles. The summed E-state index contributed by atoms with van der Waals surface area (Å²) in [6.07, 6.45) is 0.747. The van der Waals surface area contributed by atoms with E-state index in [-0.39, 0.29) is 24.4 Å². The van der Waals surface area contributed by atoms with Gasteiger partial charge in [0.1, 0.15) is 5.01 Å². The van der Waals surface area contributed by atoms with Crippen molar-refractivity contribution in [1.82, 2.24) is 4.98 Å². The van der Waals surface area contributed by atoms with Gasteiger partial charge in [0.05, 0.1) is 10.6 Å². The maximum atomic E-state index is 13.2. The third-order valence-corrected chi connectivity index (χ3v) is 4.89. The summed E-state index contributed by atoms with van der Waals surface area (Å²) >= 11 is 1.44. The van der Waals surface area contributed by atoms with Gasteiger partial charge in [0, 0.05) is 41.8 Å². The van der Waals surface area contributed by atoms with Gasteiger partial charge in [-0.2, -0.15) is 0 Å². The van der Waals surface area contributed by atoms with Crippen molar-refractivity contribution in [2.45, 2.75) is 37.5 Å². The summed E-state index contributed by atoms with van der Waals surface area (Å²) in [5, 5.41) is 13.3. The van der Waals surface area contributed by atoms with Crippen molar-refractivity contribution < 1.29 is 13.7 Å². The number of halogens is 2. The lowest BCUT2D eigenvalue weighted by atomic mass is 9.85. The van der Waals surface area contributed by atoms with Gasteiger partial charge in [-0.3, -0.25) is 10.1 Å². The number of alkyl halides is 2. The molecule has 1 fully saturated rings. The molecular weight excluding hydrogens is 310 g/mol. The lowest BCUT2D eigenvalue weighted by Gasteiger charge is -2.27. The Morgan fingerprint density at radius 2 is 1.86 bits per heavy atom. The highest BCUT2D eigenvalue weighted by atomic mass is 32.1. The van der Waals surface area contributed by atoms with Gasteiger partial charge in [-0.05, 0) is 25.0 Å². The van der Waals surface area contributed by atoms with Crippen molar-refractivity contribution in [2.75, 3.05) is 0 Å². The summed E-state index contributed by atoms with van der Waals surface area (Å²) in [7, 11) is 0. The maximum Gasteiger partial charge on any atom is 0.269 e. The Hall–Kier alpha value is -1.89. The number of nitro groups is 1. The van der Waals surface area contributed by atoms with Crippen LogP contribution in [0, 0.1) is 10.1 Å². The number of thiazole rings is 1. The van der Waals surface area contributed by atoms with E-state index >= 15 is 0 Å². The van der Waals surface area contributed by atoms with Crippen molar-refractivity contribution in [3.05, 3.63) is 45.5 Å². The SMILES string of the molecule is O=[N+]([O-])c1ccc(-c2nc(C3CCC(F)(F)CC3)cs2)cc1. The highest BCUT2D eigenvalue weighted by Gasteiger charge is 2.36. The van der Waals surface area contributed by atoms with Crippen LogP contribution in [0.15, 0.2) is 29.6 Å². The number of hydrogen-bond donors (Lipinski definition) is 0. The summed E-state index contributed by atoms with van der Waals surface area (Å²) in [4.78, 5) is 14.7. The van der Waals surface area contributed by atoms with Crippen LogP contribution < -0.4 is 0 Å². The second kappa shape index (κ2) is 5.72. The molecule has 1 heterocycles. The van der Waals surface area contributed by atoms with Crippen LogP contribution in [0.2, 0.25) is 0 Å². The smallest absolute Gasteiger partial charge is 0.258 e. The third-order valence-electron chi connectivity index (χ3n) is 3.98. The van der Waals surface area contributed by atoms with Crippen LogP contribution in [0.25, 0.3) is 10.6 Å². The Balaban J connectivity index is 1.75. The van der Waals surface area contributed by atoms with Gasteiger partial charge < -0.3 is 0 Å². The van der Waals surface area contributed by atoms with Gasteiger partial charge in [0.25, 0.3) is 5.69 Å². The summed E-state index contributed by atoms with van der Waals surface area (Å²) in [6.45, 7) is 0.